The molecule has 112 valence electrons. The van der Waals surface area contributed by atoms with Crippen molar-refractivity contribution in [1.29, 1.82) is 0 Å². The summed E-state index contributed by atoms with van der Waals surface area (Å²) in [6.07, 6.45) is 4.12. The van der Waals surface area contributed by atoms with E-state index in [1.807, 2.05) is 42.7 Å². The van der Waals surface area contributed by atoms with Crippen molar-refractivity contribution >= 4 is 22.4 Å². The van der Waals surface area contributed by atoms with Crippen molar-refractivity contribution in [3.8, 4) is 5.69 Å². The zero-order valence-corrected chi connectivity index (χ0v) is 13.1. The fourth-order valence-electron chi connectivity index (χ4n) is 1.91. The van der Waals surface area contributed by atoms with Gasteiger partial charge in [0.1, 0.15) is 17.0 Å². The average molecular weight is 313 g/mol. The largest absolute Gasteiger partial charge is 0.305 e. The predicted octanol–water partition coefficient (Wildman–Crippen LogP) is 2.85. The van der Waals surface area contributed by atoms with Crippen LogP contribution >= 0.6 is 11.3 Å². The summed E-state index contributed by atoms with van der Waals surface area (Å²) in [5.74, 6) is -0.287. The third-order valence-electron chi connectivity index (χ3n) is 3.14. The second-order valence-corrected chi connectivity index (χ2v) is 5.87. The van der Waals surface area contributed by atoms with Crippen LogP contribution in [0.4, 0.5) is 5.13 Å². The van der Waals surface area contributed by atoms with Crippen LogP contribution in [0.15, 0.2) is 36.8 Å². The number of amides is 1. The van der Waals surface area contributed by atoms with Crippen LogP contribution in [0.5, 0.6) is 0 Å². The first kappa shape index (κ1) is 14.4. The zero-order valence-electron chi connectivity index (χ0n) is 12.3. The molecule has 0 aliphatic carbocycles. The lowest BCUT2D eigenvalue weighted by Gasteiger charge is -2.01. The minimum Gasteiger partial charge on any atom is -0.305 e. The Morgan fingerprint density at radius 1 is 1.27 bits per heavy atom. The number of imidazole rings is 1. The van der Waals surface area contributed by atoms with Gasteiger partial charge in [0.15, 0.2) is 0 Å². The Morgan fingerprint density at radius 2 is 2.05 bits per heavy atom. The third kappa shape index (κ3) is 3.04. The number of nitrogens with one attached hydrogen (secondary N) is 1. The van der Waals surface area contributed by atoms with Crippen molar-refractivity contribution in [1.82, 2.24) is 19.7 Å². The van der Waals surface area contributed by atoms with Gasteiger partial charge in [0, 0.05) is 11.9 Å². The molecular weight excluding hydrogens is 298 g/mol. The van der Waals surface area contributed by atoms with Gasteiger partial charge in [-0.25, -0.2) is 4.98 Å². The highest BCUT2D eigenvalue weighted by atomic mass is 32.1. The van der Waals surface area contributed by atoms with Crippen LogP contribution in [-0.4, -0.2) is 25.7 Å². The standard InChI is InChI=1S/C15H15N5OS/c1-3-13-18-19-15(22-13)17-14(21)12-8-20(9-16-12)11-6-4-10(2)5-7-11/h4-9H,3H2,1-2H3,(H,17,19,21). The number of hydrogen-bond donors (Lipinski definition) is 1. The van der Waals surface area contributed by atoms with E-state index < -0.39 is 0 Å². The maximum atomic E-state index is 12.2. The normalized spacial score (nSPS) is 10.6. The van der Waals surface area contributed by atoms with Gasteiger partial charge >= 0.3 is 0 Å². The minimum atomic E-state index is -0.287. The molecule has 2 heterocycles. The number of aromatic nitrogens is 4. The Hall–Kier alpha value is -2.54. The lowest BCUT2D eigenvalue weighted by atomic mass is 10.2. The summed E-state index contributed by atoms with van der Waals surface area (Å²) in [6.45, 7) is 4.03. The Kier molecular flexibility index (Phi) is 3.97. The molecule has 0 aliphatic heterocycles. The van der Waals surface area contributed by atoms with Crippen LogP contribution in [0.1, 0.15) is 28.0 Å². The molecule has 0 saturated carbocycles. The summed E-state index contributed by atoms with van der Waals surface area (Å²) >= 11 is 1.37. The van der Waals surface area contributed by atoms with E-state index in [4.69, 9.17) is 0 Å². The third-order valence-corrected chi connectivity index (χ3v) is 4.12. The molecule has 0 aliphatic rings. The number of carbonyl (C=O) groups excluding carboxylic acids is 1. The first-order valence-electron chi connectivity index (χ1n) is 6.90. The molecule has 2 aromatic heterocycles. The van der Waals surface area contributed by atoms with Gasteiger partial charge in [0.2, 0.25) is 5.13 Å². The number of benzene rings is 1. The van der Waals surface area contributed by atoms with Crippen molar-refractivity contribution in [2.45, 2.75) is 20.3 Å². The fourth-order valence-corrected chi connectivity index (χ4v) is 2.58. The Labute approximate surface area is 131 Å². The van der Waals surface area contributed by atoms with Crippen LogP contribution in [0.2, 0.25) is 0 Å². The quantitative estimate of drug-likeness (QED) is 0.804. The van der Waals surface area contributed by atoms with Crippen LogP contribution in [-0.2, 0) is 6.42 Å². The number of nitrogens with zero attached hydrogens (tertiary/aromatic N) is 4. The van der Waals surface area contributed by atoms with E-state index in [1.165, 1.54) is 16.9 Å². The molecule has 1 aromatic carbocycles. The van der Waals surface area contributed by atoms with Gasteiger partial charge in [-0.1, -0.05) is 36.0 Å². The van der Waals surface area contributed by atoms with Crippen LogP contribution in [0, 0.1) is 6.92 Å². The van der Waals surface area contributed by atoms with Gasteiger partial charge in [0.05, 0.1) is 0 Å². The molecule has 0 unspecified atom stereocenters. The average Bonchev–Trinajstić information content (AvgIpc) is 3.17. The van der Waals surface area contributed by atoms with Gasteiger partial charge in [-0.15, -0.1) is 10.2 Å². The number of rotatable bonds is 4. The first-order valence-corrected chi connectivity index (χ1v) is 7.72. The molecule has 0 spiro atoms. The topological polar surface area (TPSA) is 72.7 Å². The molecule has 1 amide bonds. The summed E-state index contributed by atoms with van der Waals surface area (Å²) in [5.41, 5.74) is 2.49. The summed E-state index contributed by atoms with van der Waals surface area (Å²) in [6, 6.07) is 8.00. The van der Waals surface area contributed by atoms with E-state index >= 15 is 0 Å². The molecule has 0 bridgehead atoms. The summed E-state index contributed by atoms with van der Waals surface area (Å²) in [4.78, 5) is 16.3. The summed E-state index contributed by atoms with van der Waals surface area (Å²) in [5, 5.41) is 12.0. The Morgan fingerprint density at radius 3 is 2.73 bits per heavy atom. The molecule has 0 fully saturated rings. The van der Waals surface area contributed by atoms with E-state index in [1.54, 1.807) is 12.5 Å². The van der Waals surface area contributed by atoms with E-state index in [0.29, 0.717) is 10.8 Å². The molecular formula is C15H15N5OS. The van der Waals surface area contributed by atoms with Gasteiger partial charge in [-0.05, 0) is 25.5 Å². The SMILES string of the molecule is CCc1nnc(NC(=O)c2cn(-c3ccc(C)cc3)cn2)s1. The minimum absolute atomic E-state index is 0.287. The van der Waals surface area contributed by atoms with E-state index in [-0.39, 0.29) is 5.91 Å². The summed E-state index contributed by atoms with van der Waals surface area (Å²) in [7, 11) is 0. The van der Waals surface area contributed by atoms with Crippen LogP contribution in [0.3, 0.4) is 0 Å². The second kappa shape index (κ2) is 6.07. The van der Waals surface area contributed by atoms with Crippen molar-refractivity contribution in [2.24, 2.45) is 0 Å². The maximum absolute atomic E-state index is 12.2. The lowest BCUT2D eigenvalue weighted by Crippen LogP contribution is -2.12. The van der Waals surface area contributed by atoms with Crippen molar-refractivity contribution in [2.75, 3.05) is 5.32 Å². The molecule has 1 N–H and O–H groups in total. The molecule has 3 rings (SSSR count). The lowest BCUT2D eigenvalue weighted by molar-refractivity contribution is 0.102. The van der Waals surface area contributed by atoms with Crippen LogP contribution in [0.25, 0.3) is 5.69 Å². The van der Waals surface area contributed by atoms with E-state index in [0.717, 1.165) is 17.1 Å². The fraction of sp³-hybridized carbons (Fsp3) is 0.200. The van der Waals surface area contributed by atoms with E-state index in [2.05, 4.69) is 20.5 Å². The number of aryl methyl sites for hydroxylation is 2. The second-order valence-electron chi connectivity index (χ2n) is 4.81. The van der Waals surface area contributed by atoms with Crippen molar-refractivity contribution < 1.29 is 4.79 Å². The van der Waals surface area contributed by atoms with Crippen LogP contribution < -0.4 is 5.32 Å². The van der Waals surface area contributed by atoms with Gasteiger partial charge in [-0.2, -0.15) is 0 Å². The Bertz CT molecular complexity index is 790. The molecule has 0 radical (unpaired) electrons. The molecule has 0 saturated heterocycles. The first-order chi connectivity index (χ1) is 10.7. The van der Waals surface area contributed by atoms with Gasteiger partial charge in [-0.3, -0.25) is 10.1 Å². The molecule has 6 nitrogen and oxygen atoms in total. The molecule has 7 heteroatoms. The molecule has 22 heavy (non-hydrogen) atoms. The smallest absolute Gasteiger partial charge is 0.277 e. The number of anilines is 1. The zero-order chi connectivity index (χ0) is 15.5. The summed E-state index contributed by atoms with van der Waals surface area (Å²) < 4.78 is 1.81. The molecule has 0 atom stereocenters. The van der Waals surface area contributed by atoms with Crippen molar-refractivity contribution in [3.05, 3.63) is 53.1 Å². The number of hydrogen-bond acceptors (Lipinski definition) is 5. The monoisotopic (exact) mass is 313 g/mol. The van der Waals surface area contributed by atoms with Gasteiger partial charge in [0.25, 0.3) is 5.91 Å². The highest BCUT2D eigenvalue weighted by molar-refractivity contribution is 7.15. The highest BCUT2D eigenvalue weighted by Crippen LogP contribution is 2.16. The predicted molar refractivity (Wildman–Crippen MR) is 85.5 cm³/mol. The van der Waals surface area contributed by atoms with Crippen molar-refractivity contribution in [3.63, 3.8) is 0 Å². The maximum Gasteiger partial charge on any atom is 0.277 e. The highest BCUT2D eigenvalue weighted by Gasteiger charge is 2.13. The van der Waals surface area contributed by atoms with Gasteiger partial charge < -0.3 is 4.57 Å². The Balaban J connectivity index is 1.75. The number of carbonyl (C=O) groups is 1. The van der Waals surface area contributed by atoms with E-state index in [9.17, 15) is 4.79 Å². The molecule has 3 aromatic rings.